The summed E-state index contributed by atoms with van der Waals surface area (Å²) >= 11 is 0. The normalized spacial score (nSPS) is 18.2. The van der Waals surface area contributed by atoms with Gasteiger partial charge in [0.2, 0.25) is 0 Å². The van der Waals surface area contributed by atoms with Crippen LogP contribution in [0.2, 0.25) is 0 Å². The zero-order valence-electron chi connectivity index (χ0n) is 106. The van der Waals surface area contributed by atoms with Crippen molar-refractivity contribution in [2.45, 2.75) is 26.2 Å². The van der Waals surface area contributed by atoms with E-state index in [2.05, 4.69) is 18.5 Å². The first kappa shape index (κ1) is 34.0. The van der Waals surface area contributed by atoms with Crippen LogP contribution in [-0.4, -0.2) is 38.3 Å². The number of rotatable bonds is 18. The summed E-state index contributed by atoms with van der Waals surface area (Å²) in [6.07, 6.45) is 4.78. The Morgan fingerprint density at radius 3 is 1.36 bits per heavy atom. The first-order valence-corrected chi connectivity index (χ1v) is 39.1. The molecule has 0 saturated heterocycles. The van der Waals surface area contributed by atoms with Gasteiger partial charge in [0.25, 0.3) is 6.33 Å². The maximum absolute atomic E-state index is 11.6. The van der Waals surface area contributed by atoms with Crippen molar-refractivity contribution in [2.75, 3.05) is 0 Å². The average Bonchev–Trinajstić information content (AvgIpc) is 0.700. The van der Waals surface area contributed by atoms with Gasteiger partial charge in [0, 0.05) is 44.3 Å². The largest absolute Gasteiger partial charge is 0.510 e. The van der Waals surface area contributed by atoms with E-state index in [4.69, 9.17) is 17.9 Å². The molecule has 3 aromatic heterocycles. The first-order valence-electron chi connectivity index (χ1n) is 57.6. The summed E-state index contributed by atoms with van der Waals surface area (Å²) in [7, 11) is -20.7. The van der Waals surface area contributed by atoms with Crippen molar-refractivity contribution in [3.05, 3.63) is 429 Å². The van der Waals surface area contributed by atoms with E-state index in [1.54, 1.807) is 24.4 Å². The van der Waals surface area contributed by atoms with Gasteiger partial charge in [0.1, 0.15) is 5.82 Å². The Kier molecular flexibility index (Phi) is 9.21. The number of nitrogens with zero attached hydrogens (tertiary/aromatic N) is 4. The van der Waals surface area contributed by atoms with Crippen molar-refractivity contribution >= 4 is 119 Å². The summed E-state index contributed by atoms with van der Waals surface area (Å²) in [5.41, 5.74) is -3.94. The Labute approximate surface area is 724 Å². The Bertz CT molecular complexity index is 8680. The van der Waals surface area contributed by atoms with Gasteiger partial charge in [-0.2, -0.15) is 18.2 Å². The summed E-state index contributed by atoms with van der Waals surface area (Å²) in [5, 5.41) is -13.4. The van der Waals surface area contributed by atoms with Gasteiger partial charge in [-0.25, -0.2) is 4.98 Å². The molecule has 15 aromatic carbocycles. The molecular formula is C100H76N4OPtSi3-2. The topological polar surface area (TPSA) is 35.9 Å². The molecule has 0 unspecified atom stereocenters. The van der Waals surface area contributed by atoms with Gasteiger partial charge in [0.05, 0.1) is 83.9 Å². The van der Waals surface area contributed by atoms with Crippen molar-refractivity contribution in [3.8, 4) is 39.8 Å². The van der Waals surface area contributed by atoms with Gasteiger partial charge in [-0.05, 0) is 114 Å². The van der Waals surface area contributed by atoms with Gasteiger partial charge in [-0.1, -0.05) is 377 Å². The fourth-order valence-corrected chi connectivity index (χ4v) is 25.2. The minimum absolute atomic E-state index is 0. The number of benzene rings is 15. The molecule has 18 rings (SSSR count). The summed E-state index contributed by atoms with van der Waals surface area (Å²) in [6, 6.07) is -37.1. The van der Waals surface area contributed by atoms with E-state index in [-0.39, 0.29) is 32.6 Å². The number of pyridine rings is 1. The SMILES string of the molecule is [2H]c1c([2H])c([2H])c([Si](c2ccc3c(c2)n(-c2[c-]c(Oc4[c-]c5c(cc4)c4ccccc4n5-c4cc(C(C)(C)C)ccn4)ccc2)[c-][n+]3-c2c(-c3c([2H])c([2H])c([2H])c([Si](c4c([2H])c([2H])c([2H])c([2H])c4[2H])(c4c([2H])c([2H])c([2H])c([2H])c4[2H])c4c([2H])c([2H])c([2H])c([2H])c4[2H])c3[2H])cccc2[Si](c2c([2H])c([2H])c([2H])c([2H])c2[2H])(c2c([2H])c([2H])c([2H])c([2H])c2[2H])c2c([2H])c([2H])c([2H])c([2H])c2[2H])(c2c([2H])c([2H])c([2H])c([2H])c2[2H])c2c([2H])c([2H])c([2H])c([2H])c2[2H])c([2H])c1[2H].[Pt]. The van der Waals surface area contributed by atoms with E-state index >= 15 is 0 Å². The third kappa shape index (κ3) is 12.2. The molecule has 0 aliphatic heterocycles. The molecule has 3 heterocycles. The first-order chi connectivity index (χ1) is 73.5. The van der Waals surface area contributed by atoms with Crippen LogP contribution in [0.1, 0.15) is 93.5 Å². The fourth-order valence-electron chi connectivity index (χ4n) is 13.8. The molecule has 0 N–H and O–H groups in total. The number of ether oxygens (including phenoxy) is 1. The number of hydrogen-bond acceptors (Lipinski definition) is 2. The third-order valence-corrected chi connectivity index (χ3v) is 30.9. The number of imidazole rings is 1. The van der Waals surface area contributed by atoms with Crippen LogP contribution in [0.25, 0.3) is 61.2 Å². The third-order valence-electron chi connectivity index (χ3n) is 18.5. The van der Waals surface area contributed by atoms with Crippen molar-refractivity contribution in [3.63, 3.8) is 0 Å². The Balaban J connectivity index is 0.0000168. The van der Waals surface area contributed by atoms with Gasteiger partial charge < -0.3 is 13.9 Å². The molecule has 526 valence electrons. The van der Waals surface area contributed by atoms with Crippen LogP contribution in [0.15, 0.2) is 405 Å². The molecule has 0 spiro atoms. The molecule has 0 aliphatic rings. The predicted molar refractivity (Wildman–Crippen MR) is 455 cm³/mol. The van der Waals surface area contributed by atoms with E-state index in [1.807, 2.05) is 49.6 Å². The molecular weight excluding hydrogens is 1550 g/mol. The molecule has 18 aromatic rings. The van der Waals surface area contributed by atoms with E-state index in [0.29, 0.717) is 27.6 Å². The zero-order chi connectivity index (χ0) is 115. The monoisotopic (exact) mass is 1680 g/mol. The second-order valence-electron chi connectivity index (χ2n) is 25.3. The molecule has 0 bridgehead atoms. The maximum Gasteiger partial charge on any atom is 0.268 e. The maximum atomic E-state index is 11.6. The molecule has 0 radical (unpaired) electrons. The van der Waals surface area contributed by atoms with E-state index in [1.165, 1.54) is 24.3 Å². The fraction of sp³-hybridized carbons (Fsp3) is 0.0400. The summed E-state index contributed by atoms with van der Waals surface area (Å²) in [5.74, 6) is 0.0140. The zero-order valence-corrected chi connectivity index (χ0v) is 62.2. The Morgan fingerprint density at radius 2 is 0.853 bits per heavy atom. The minimum atomic E-state index is -7.09. The second-order valence-corrected chi connectivity index (χ2v) is 35.9. The van der Waals surface area contributed by atoms with Crippen LogP contribution in [0, 0.1) is 18.5 Å². The molecule has 5 nitrogen and oxygen atoms in total. The van der Waals surface area contributed by atoms with Gasteiger partial charge >= 0.3 is 0 Å². The smallest absolute Gasteiger partial charge is 0.268 e. The summed E-state index contributed by atoms with van der Waals surface area (Å²) in [4.78, 5) is 4.81. The quantitative estimate of drug-likeness (QED) is 0.0371. The van der Waals surface area contributed by atoms with Crippen molar-refractivity contribution < 1.29 is 97.5 Å². The Hall–Kier alpha value is -12.1. The summed E-state index contributed by atoms with van der Waals surface area (Å²) < 4.78 is 495. The van der Waals surface area contributed by atoms with Gasteiger partial charge in [0.15, 0.2) is 24.2 Å². The Morgan fingerprint density at radius 1 is 0.394 bits per heavy atom. The van der Waals surface area contributed by atoms with E-state index in [9.17, 15) is 58.9 Å². The standard InChI is InChI=1S/C100H76N4OSi3.Pt/c1-100(2,3)75-66-67-101-98(69-75)104-93-60-32-31-58-91(93)92-64-62-78(71-95(92)104)105-77-38-34-37-76(70-77)102-73-103(94-65-63-89(72-96(94)102)107(82-45-19-7-20-46-82,83-47-21-8-22-48-83)84-49-23-9-24-50-84)99-90(59-35-61-97(99)108(85-51-25-10-26-52-85,86-53-27-11-28-54-86)87-55-29-12-30-56-87)74-36-33-57-88(68-74)106(79-39-13-4-14-40-79,80-41-15-5-16-42-80)81-43-17-6-18-44-81;/h4-69,72H,1-3H3;/q-2;/i4D,5D,6D,7D,8D,9D,10D,11D,12D,13D,14D,15D,16D,17D,18D,19D,20D,21D,22D,23D,24D,25D,26D,27D,28D,29D,30D,33D,36D,39D,40D,41D,42D,43D,44D,45D,46D,47D,48D,49D,50D,51D,52D,53D,54D,55D,56D,57D,68D;. The number of aromatic nitrogens is 4. The molecule has 0 amide bonds. The minimum Gasteiger partial charge on any atom is -0.510 e. The molecule has 109 heavy (non-hydrogen) atoms. The van der Waals surface area contributed by atoms with Crippen LogP contribution in [0.5, 0.6) is 11.5 Å². The molecule has 0 saturated carbocycles. The van der Waals surface area contributed by atoms with Crippen LogP contribution in [0.3, 0.4) is 0 Å². The van der Waals surface area contributed by atoms with Crippen molar-refractivity contribution in [2.24, 2.45) is 0 Å². The molecule has 0 atom stereocenters. The molecule has 0 aliphatic carbocycles. The molecule has 9 heteroatoms. The van der Waals surface area contributed by atoms with Crippen LogP contribution in [-0.2, 0) is 26.5 Å². The summed E-state index contributed by atoms with van der Waals surface area (Å²) in [6.45, 7) is 6.00. The second kappa shape index (κ2) is 29.5. The van der Waals surface area contributed by atoms with Crippen LogP contribution < -0.4 is 71.5 Å². The van der Waals surface area contributed by atoms with E-state index < -0.39 is 421 Å². The van der Waals surface area contributed by atoms with Crippen LogP contribution in [0.4, 0.5) is 0 Å². The number of hydrogen-bond donors (Lipinski definition) is 0. The van der Waals surface area contributed by atoms with Gasteiger partial charge in [-0.15, -0.1) is 29.7 Å². The van der Waals surface area contributed by atoms with Crippen molar-refractivity contribution in [1.29, 1.82) is 0 Å². The van der Waals surface area contributed by atoms with Crippen molar-refractivity contribution in [1.82, 2.24) is 14.1 Å². The van der Waals surface area contributed by atoms with Crippen LogP contribution >= 0.6 is 0 Å². The van der Waals surface area contributed by atoms with E-state index in [0.717, 1.165) is 51.1 Å². The predicted octanol–water partition coefficient (Wildman–Crippen LogP) is 14.7. The molecule has 0 fully saturated rings. The average molecular weight is 1680 g/mol. The number of fused-ring (bicyclic) bond motifs is 4. The number of para-hydroxylation sites is 2. The van der Waals surface area contributed by atoms with Gasteiger partial charge in [-0.3, -0.25) is 4.57 Å².